The number of rotatable bonds is 12. The van der Waals surface area contributed by atoms with Gasteiger partial charge in [-0.3, -0.25) is 0 Å². The van der Waals surface area contributed by atoms with Crippen molar-refractivity contribution in [3.63, 3.8) is 0 Å². The first-order valence-electron chi connectivity index (χ1n) is 46.8. The molecule has 0 amide bonds. The van der Waals surface area contributed by atoms with Gasteiger partial charge in [-0.05, 0) is 5.39 Å². The van der Waals surface area contributed by atoms with Crippen LogP contribution >= 0.6 is 16.5 Å². The number of benzene rings is 21. The van der Waals surface area contributed by atoms with Gasteiger partial charge in [-0.25, -0.2) is 0 Å². The minimum atomic E-state index is -2.07. The molecule has 28 aromatic rings. The summed E-state index contributed by atoms with van der Waals surface area (Å²) >= 11 is 11.3. The fraction of sp³-hybridized carbons (Fsp3) is 0. The number of aromatic nitrogens is 7. The second kappa shape index (κ2) is 34.6. The van der Waals surface area contributed by atoms with Gasteiger partial charge in [-0.2, -0.15) is 0 Å². The molecule has 13 heteroatoms. The van der Waals surface area contributed by atoms with E-state index in [0.29, 0.717) is 0 Å². The third-order valence-electron chi connectivity index (χ3n) is 27.9. The predicted molar refractivity (Wildman–Crippen MR) is 601 cm³/mol. The van der Waals surface area contributed by atoms with Crippen molar-refractivity contribution in [3.8, 4) is 33.4 Å². The summed E-state index contributed by atoms with van der Waals surface area (Å²) < 4.78 is 7.11. The predicted octanol–water partition coefficient (Wildman–Crippen LogP) is 27.5. The van der Waals surface area contributed by atoms with Crippen molar-refractivity contribution in [2.45, 2.75) is 0 Å². The van der Waals surface area contributed by atoms with Crippen molar-refractivity contribution in [2.75, 3.05) is 0 Å². The standard InChI is InChI=1S/C45H29N2PSe.C41H27N2PSe.C40H26N3PSe/c49-48(33-15-3-1-4-16-33,34-17-5-2-6-18-34)35-24-27-42-40(29-35)44-38-20-10-8-13-31(38)22-25-39(44)45-46-41-28-32(23-26-43(41)47(42)45)37-21-11-14-30-12-7-9-19-36(30)37;45-44(32-14-6-2-7-15-32,33-16-8-3-9-17-33)34-22-23-35-36-26-31-24-29(28-12-4-1-5-13-28)20-21-30(31)25-37(36)41-42-38-18-10-11-19-39(38)43(41)40(35)27-34;45-44(30-11-3-1-4-12-30,31-13-5-2-6-14-31)32-20-22-37-35(25-32)33-21-19-27-17-18-28(29-10-9-23-41-26-29)24-34(27)39(33)40-42-36-15-7-8-16-38(36)43(37)40/h1-29H;1-27H;1-26H. The summed E-state index contributed by atoms with van der Waals surface area (Å²) in [5.74, 6) is 0. The molecule has 0 unspecified atom stereocenters. The molecule has 139 heavy (non-hydrogen) atoms. The third kappa shape index (κ3) is 14.1. The Hall–Kier alpha value is -14.9. The minimum absolute atomic E-state index is 0.982. The maximum atomic E-state index is 5.40. The van der Waals surface area contributed by atoms with E-state index in [0.717, 1.165) is 77.6 Å². The fourth-order valence-corrected chi connectivity index (χ4v) is 36.1. The summed E-state index contributed by atoms with van der Waals surface area (Å²) in [7, 11) is 0. The van der Waals surface area contributed by atoms with Gasteiger partial charge >= 0.3 is 766 Å². The van der Waals surface area contributed by atoms with Crippen molar-refractivity contribution in [1.29, 1.82) is 0 Å². The zero-order chi connectivity index (χ0) is 92.4. The first-order valence-corrected chi connectivity index (χ1v) is 58.8. The molecular weight excluding hydrogens is 1940 g/mol. The molecule has 0 saturated carbocycles. The van der Waals surface area contributed by atoms with Crippen LogP contribution < -0.4 is 47.7 Å². The van der Waals surface area contributed by atoms with Gasteiger partial charge in [0.2, 0.25) is 0 Å². The summed E-state index contributed by atoms with van der Waals surface area (Å²) in [6, 6.07) is 177. The Morgan fingerprint density at radius 1 is 0.180 bits per heavy atom. The number of fused-ring (bicyclic) bond motifs is 30. The zero-order valence-corrected chi connectivity index (χ0v) is 82.9. The molecule has 0 aliphatic heterocycles. The SMILES string of the molecule is [Se]=P(c1ccccc1)(c1ccccc1)c1ccc2c(c1)c1c3ccccc3ccc1c1nc3cc(-c4cccc5ccccc45)ccc3n21.[Se]=P(c1ccccc1)(c1ccccc1)c1ccc2c(c1)c1ccc3ccc(-c4cccnc4)cc3c1c1nc3ccccc3n21.[Se]=P(c1ccccc1)(c1ccccc1)c1ccc2c3cc4cc(-c5ccccc5)ccc4cc3c3nc4ccccc4n3c2c1. The average molecular weight is 2020 g/mol. The number of para-hydroxylation sites is 4. The maximum absolute atomic E-state index is 5.40. The number of imidazole rings is 3. The Labute approximate surface area is 824 Å². The van der Waals surface area contributed by atoms with E-state index in [1.54, 1.807) is 0 Å². The van der Waals surface area contributed by atoms with Gasteiger partial charge < -0.3 is 0 Å². The first-order chi connectivity index (χ1) is 68.6. The topological polar surface area (TPSA) is 64.8 Å². The zero-order valence-electron chi connectivity index (χ0n) is 75.0. The van der Waals surface area contributed by atoms with Crippen LogP contribution in [0.3, 0.4) is 0 Å². The Morgan fingerprint density at radius 2 is 0.590 bits per heavy atom. The van der Waals surface area contributed by atoms with E-state index >= 15 is 0 Å². The first kappa shape index (κ1) is 84.6. The molecule has 0 aliphatic carbocycles. The number of pyridine rings is 4. The van der Waals surface area contributed by atoms with Gasteiger partial charge in [0.15, 0.2) is 0 Å². The molecule has 0 aliphatic rings. The summed E-state index contributed by atoms with van der Waals surface area (Å²) in [4.78, 5) is 20.3. The van der Waals surface area contributed by atoms with Gasteiger partial charge in [0.1, 0.15) is 0 Å². The van der Waals surface area contributed by atoms with E-state index < -0.39 is 16.5 Å². The molecule has 0 saturated heterocycles. The molecule has 654 valence electrons. The van der Waals surface area contributed by atoms with E-state index in [4.69, 9.17) is 15.0 Å². The van der Waals surface area contributed by atoms with E-state index in [9.17, 15) is 0 Å². The van der Waals surface area contributed by atoms with E-state index in [-0.39, 0.29) is 0 Å². The monoisotopic (exact) mass is 2030 g/mol. The molecule has 0 N–H and O–H groups in total. The number of hydrogen-bond donors (Lipinski definition) is 0. The number of nitrogens with zero attached hydrogens (tertiary/aromatic N) is 7. The van der Waals surface area contributed by atoms with E-state index in [1.165, 1.54) is 162 Å². The van der Waals surface area contributed by atoms with E-state index in [2.05, 4.69) is 543 Å². The molecule has 0 radical (unpaired) electrons. The van der Waals surface area contributed by atoms with Gasteiger partial charge in [0.05, 0.1) is 0 Å². The molecular formula is C126H82N7P3Se3. The third-order valence-corrected chi connectivity index (χ3v) is 49.0. The summed E-state index contributed by atoms with van der Waals surface area (Å²) in [6.45, 7) is 0. The Kier molecular flexibility index (Phi) is 21.1. The molecule has 7 heterocycles. The van der Waals surface area contributed by atoms with Gasteiger partial charge in [0, 0.05) is 6.20 Å². The van der Waals surface area contributed by atoms with Gasteiger partial charge in [0.25, 0.3) is 0 Å². The van der Waals surface area contributed by atoms with Crippen LogP contribution in [0.15, 0.2) is 498 Å². The molecule has 0 atom stereocenters. The normalized spacial score (nSPS) is 12.1. The van der Waals surface area contributed by atoms with Gasteiger partial charge in [-0.15, -0.1) is 0 Å². The summed E-state index contributed by atoms with van der Waals surface area (Å²) in [5, 5.41) is 32.5. The van der Waals surface area contributed by atoms with Crippen LogP contribution in [-0.4, -0.2) is 78.4 Å². The second-order valence-corrected chi connectivity index (χ2v) is 54.3. The molecule has 21 aromatic carbocycles. The molecule has 7 nitrogen and oxygen atoms in total. The van der Waals surface area contributed by atoms with Crippen LogP contribution in [0.25, 0.3) is 192 Å². The average Bonchev–Trinajstić information content (AvgIpc) is 1.62. The van der Waals surface area contributed by atoms with E-state index in [1.807, 2.05) is 18.5 Å². The van der Waals surface area contributed by atoms with Crippen LogP contribution in [-0.2, 0) is 0 Å². The van der Waals surface area contributed by atoms with Crippen LogP contribution in [0.4, 0.5) is 0 Å². The Morgan fingerprint density at radius 3 is 1.19 bits per heavy atom. The fourth-order valence-electron chi connectivity index (χ4n) is 21.3. The quantitative estimate of drug-likeness (QED) is 0.0529. The van der Waals surface area contributed by atoms with Crippen molar-refractivity contribution in [2.24, 2.45) is 0 Å². The second-order valence-electron chi connectivity index (χ2n) is 35.7. The molecule has 0 bridgehead atoms. The summed E-state index contributed by atoms with van der Waals surface area (Å²) in [5.41, 5.74) is 13.7. The van der Waals surface area contributed by atoms with Crippen LogP contribution in [0, 0.1) is 0 Å². The molecule has 7 aromatic heterocycles. The van der Waals surface area contributed by atoms with Crippen molar-refractivity contribution < 1.29 is 0 Å². The van der Waals surface area contributed by atoms with Crippen LogP contribution in [0.5, 0.6) is 0 Å². The Bertz CT molecular complexity index is 9870. The van der Waals surface area contributed by atoms with Crippen molar-refractivity contribution >= 4 is 268 Å². The van der Waals surface area contributed by atoms with Crippen molar-refractivity contribution in [3.05, 3.63) is 498 Å². The summed E-state index contributed by atoms with van der Waals surface area (Å²) in [6.07, 6.45) is 3.75. The molecule has 0 spiro atoms. The van der Waals surface area contributed by atoms with Crippen molar-refractivity contribution in [1.82, 2.24) is 33.1 Å². The van der Waals surface area contributed by atoms with Crippen LogP contribution in [0.2, 0.25) is 0 Å². The number of hydrogen-bond acceptors (Lipinski definition) is 4. The molecule has 0 fully saturated rings. The van der Waals surface area contributed by atoms with Gasteiger partial charge in [-0.1, -0.05) is 54.6 Å². The van der Waals surface area contributed by atoms with Crippen LogP contribution in [0.1, 0.15) is 0 Å². The Balaban J connectivity index is 0.000000108. The molecule has 28 rings (SSSR count).